The molecule has 0 unspecified atom stereocenters. The molecule has 3 amide bonds. The maximum absolute atomic E-state index is 12.8. The van der Waals surface area contributed by atoms with Gasteiger partial charge < -0.3 is 25.5 Å². The lowest BCUT2D eigenvalue weighted by molar-refractivity contribution is -0.118. The molecule has 0 bridgehead atoms. The molecule has 0 spiro atoms. The van der Waals surface area contributed by atoms with Gasteiger partial charge in [0.15, 0.2) is 0 Å². The van der Waals surface area contributed by atoms with Gasteiger partial charge in [0, 0.05) is 47.0 Å². The Labute approximate surface area is 219 Å². The number of carboxylic acid groups (broad SMARTS) is 1. The van der Waals surface area contributed by atoms with Crippen molar-refractivity contribution in [1.82, 2.24) is 10.2 Å². The second kappa shape index (κ2) is 10.4. The quantitative estimate of drug-likeness (QED) is 0.486. The fourth-order valence-corrected chi connectivity index (χ4v) is 5.59. The normalized spacial score (nSPS) is 22.9. The molecular formula is C29H38N4O4. The summed E-state index contributed by atoms with van der Waals surface area (Å²) in [6.45, 7) is 9.62. The second-order valence-corrected chi connectivity index (χ2v) is 11.2. The molecule has 8 heteroatoms. The Balaban J connectivity index is 1.37. The van der Waals surface area contributed by atoms with Gasteiger partial charge in [-0.3, -0.25) is 9.59 Å². The Morgan fingerprint density at radius 3 is 2.27 bits per heavy atom. The van der Waals surface area contributed by atoms with Crippen molar-refractivity contribution in [3.05, 3.63) is 59.7 Å². The molecule has 3 N–H and O–H groups in total. The summed E-state index contributed by atoms with van der Waals surface area (Å²) in [4.78, 5) is 40.4. The van der Waals surface area contributed by atoms with Gasteiger partial charge in [0.05, 0.1) is 6.04 Å². The smallest absolute Gasteiger partial charge is 0.407 e. The number of carbonyl (C=O) groups is 3. The molecule has 0 aromatic heterocycles. The summed E-state index contributed by atoms with van der Waals surface area (Å²) in [6.07, 6.45) is 1.56. The number of hydrogen-bond acceptors (Lipinski definition) is 4. The van der Waals surface area contributed by atoms with Crippen LogP contribution in [0.5, 0.6) is 0 Å². The van der Waals surface area contributed by atoms with Crippen LogP contribution in [-0.4, -0.2) is 51.6 Å². The van der Waals surface area contributed by atoms with Crippen molar-refractivity contribution in [2.24, 2.45) is 0 Å². The highest BCUT2D eigenvalue weighted by atomic mass is 16.4. The monoisotopic (exact) mass is 506 g/mol. The van der Waals surface area contributed by atoms with E-state index in [0.29, 0.717) is 24.8 Å². The Hall–Kier alpha value is -3.55. The van der Waals surface area contributed by atoms with E-state index in [-0.39, 0.29) is 36.0 Å². The standard InChI is InChI=1S/C29H38N4O4/c1-6-26(34)32-18(2)15-24(23-9-7-8-10-25(23)32)30-20-13-11-19(12-14-20)27(35)31-21-16-22(17-21)33(28(36)37)29(3,4)5/h7-14,18,21-22,24,30H,6,15-17H2,1-5H3,(H,31,35)(H,36,37)/t18-,21?,22?,24+/m0/s1. The molecule has 2 aromatic rings. The molecule has 198 valence electrons. The maximum Gasteiger partial charge on any atom is 0.407 e. The largest absolute Gasteiger partial charge is 0.465 e. The van der Waals surface area contributed by atoms with Crippen molar-refractivity contribution in [2.45, 2.75) is 90.0 Å². The molecule has 1 fully saturated rings. The van der Waals surface area contributed by atoms with E-state index in [0.717, 1.165) is 23.4 Å². The number of benzene rings is 2. The first-order valence-corrected chi connectivity index (χ1v) is 13.1. The summed E-state index contributed by atoms with van der Waals surface area (Å²) in [5, 5.41) is 16.2. The predicted molar refractivity (Wildman–Crippen MR) is 145 cm³/mol. The number of fused-ring (bicyclic) bond motifs is 1. The first-order valence-electron chi connectivity index (χ1n) is 13.1. The van der Waals surface area contributed by atoms with E-state index in [2.05, 4.69) is 23.6 Å². The zero-order valence-electron chi connectivity index (χ0n) is 22.3. The number of carbonyl (C=O) groups excluding carboxylic acids is 2. The Bertz CT molecular complexity index is 1150. The van der Waals surface area contributed by atoms with E-state index in [4.69, 9.17) is 0 Å². The summed E-state index contributed by atoms with van der Waals surface area (Å²) in [5.74, 6) is -0.0291. The van der Waals surface area contributed by atoms with E-state index in [1.54, 1.807) is 12.1 Å². The second-order valence-electron chi connectivity index (χ2n) is 11.2. The molecule has 2 aliphatic rings. The molecule has 2 aromatic carbocycles. The number of rotatable bonds is 6. The molecule has 0 saturated heterocycles. The van der Waals surface area contributed by atoms with Crippen LogP contribution in [0.15, 0.2) is 48.5 Å². The number of hydrogen-bond donors (Lipinski definition) is 3. The molecule has 1 aliphatic heterocycles. The van der Waals surface area contributed by atoms with Crippen LogP contribution in [0.1, 0.15) is 82.3 Å². The van der Waals surface area contributed by atoms with Crippen LogP contribution < -0.4 is 15.5 Å². The lowest BCUT2D eigenvalue weighted by atomic mass is 9.83. The number of para-hydroxylation sites is 1. The van der Waals surface area contributed by atoms with Crippen molar-refractivity contribution < 1.29 is 19.5 Å². The molecule has 2 atom stereocenters. The highest BCUT2D eigenvalue weighted by Crippen LogP contribution is 2.39. The third-order valence-corrected chi connectivity index (χ3v) is 7.39. The minimum atomic E-state index is -0.926. The van der Waals surface area contributed by atoms with Crippen LogP contribution >= 0.6 is 0 Å². The Morgan fingerprint density at radius 2 is 1.68 bits per heavy atom. The maximum atomic E-state index is 12.8. The van der Waals surface area contributed by atoms with Gasteiger partial charge in [-0.15, -0.1) is 0 Å². The molecule has 0 radical (unpaired) electrons. The van der Waals surface area contributed by atoms with Gasteiger partial charge in [0.25, 0.3) is 5.91 Å². The number of anilines is 2. The van der Waals surface area contributed by atoms with Crippen molar-refractivity contribution in [1.29, 1.82) is 0 Å². The van der Waals surface area contributed by atoms with Gasteiger partial charge in [-0.1, -0.05) is 25.1 Å². The fourth-order valence-electron chi connectivity index (χ4n) is 5.59. The topological polar surface area (TPSA) is 102 Å². The summed E-state index contributed by atoms with van der Waals surface area (Å²) >= 11 is 0. The summed E-state index contributed by atoms with van der Waals surface area (Å²) in [5.41, 5.74) is 3.04. The lowest BCUT2D eigenvalue weighted by Crippen LogP contribution is -2.60. The number of amides is 3. The molecule has 1 saturated carbocycles. The van der Waals surface area contributed by atoms with Crippen LogP contribution in [0.4, 0.5) is 16.2 Å². The number of nitrogens with zero attached hydrogens (tertiary/aromatic N) is 2. The zero-order valence-corrected chi connectivity index (χ0v) is 22.3. The van der Waals surface area contributed by atoms with E-state index >= 15 is 0 Å². The molecule has 4 rings (SSSR count). The van der Waals surface area contributed by atoms with E-state index < -0.39 is 11.6 Å². The SMILES string of the molecule is CCC(=O)N1c2ccccc2[C@H](Nc2ccc(C(=O)NC3CC(N(C(=O)O)C(C)(C)C)C3)cc2)C[C@@H]1C. The molecular weight excluding hydrogens is 468 g/mol. The van der Waals surface area contributed by atoms with Crippen LogP contribution in [-0.2, 0) is 4.79 Å². The predicted octanol–water partition coefficient (Wildman–Crippen LogP) is 5.41. The van der Waals surface area contributed by atoms with Crippen LogP contribution in [0.2, 0.25) is 0 Å². The lowest BCUT2D eigenvalue weighted by Gasteiger charge is -2.47. The third kappa shape index (κ3) is 5.58. The van der Waals surface area contributed by atoms with Crippen molar-refractivity contribution in [2.75, 3.05) is 10.2 Å². The first-order chi connectivity index (χ1) is 17.5. The van der Waals surface area contributed by atoms with Gasteiger partial charge >= 0.3 is 6.09 Å². The van der Waals surface area contributed by atoms with Crippen molar-refractivity contribution in [3.63, 3.8) is 0 Å². The Kier molecular flexibility index (Phi) is 7.48. The molecule has 1 heterocycles. The minimum Gasteiger partial charge on any atom is -0.465 e. The van der Waals surface area contributed by atoms with Crippen molar-refractivity contribution in [3.8, 4) is 0 Å². The average Bonchev–Trinajstić information content (AvgIpc) is 2.81. The van der Waals surface area contributed by atoms with Gasteiger partial charge in [0.2, 0.25) is 5.91 Å². The van der Waals surface area contributed by atoms with E-state index in [1.807, 2.05) is 62.9 Å². The average molecular weight is 507 g/mol. The molecule has 8 nitrogen and oxygen atoms in total. The van der Waals surface area contributed by atoms with E-state index in [9.17, 15) is 19.5 Å². The highest BCUT2D eigenvalue weighted by Gasteiger charge is 2.41. The molecule has 37 heavy (non-hydrogen) atoms. The fraction of sp³-hybridized carbons (Fsp3) is 0.483. The van der Waals surface area contributed by atoms with Gasteiger partial charge in [-0.25, -0.2) is 4.79 Å². The first kappa shape index (κ1) is 26.5. The minimum absolute atomic E-state index is 0.0338. The van der Waals surface area contributed by atoms with Crippen LogP contribution in [0.3, 0.4) is 0 Å². The highest BCUT2D eigenvalue weighted by molar-refractivity contribution is 5.96. The van der Waals surface area contributed by atoms with E-state index in [1.165, 1.54) is 4.90 Å². The summed E-state index contributed by atoms with van der Waals surface area (Å²) in [6, 6.07) is 15.4. The van der Waals surface area contributed by atoms with Gasteiger partial charge in [0.1, 0.15) is 0 Å². The summed E-state index contributed by atoms with van der Waals surface area (Å²) in [7, 11) is 0. The van der Waals surface area contributed by atoms with Gasteiger partial charge in [-0.05, 0) is 82.9 Å². The molecule has 1 aliphatic carbocycles. The van der Waals surface area contributed by atoms with Crippen LogP contribution in [0.25, 0.3) is 0 Å². The summed E-state index contributed by atoms with van der Waals surface area (Å²) < 4.78 is 0. The third-order valence-electron chi connectivity index (χ3n) is 7.39. The zero-order chi connectivity index (χ0) is 26.9. The van der Waals surface area contributed by atoms with Gasteiger partial charge in [-0.2, -0.15) is 0 Å². The number of nitrogens with one attached hydrogen (secondary N) is 2. The van der Waals surface area contributed by atoms with Crippen LogP contribution in [0, 0.1) is 0 Å². The Morgan fingerprint density at radius 1 is 1.03 bits per heavy atom. The van der Waals surface area contributed by atoms with Crippen molar-refractivity contribution >= 4 is 29.3 Å².